The van der Waals surface area contributed by atoms with Crippen molar-refractivity contribution in [2.24, 2.45) is 33.1 Å². The maximum atomic E-state index is 8.74. The molecule has 0 amide bonds. The number of nitrogens with two attached hydrogens (primary N) is 4. The Labute approximate surface area is 178 Å². The van der Waals surface area contributed by atoms with E-state index in [-0.39, 0.29) is 5.96 Å². The average molecular weight is 482 g/mol. The summed E-state index contributed by atoms with van der Waals surface area (Å²) in [5.74, 6) is 4.80. The fourth-order valence-corrected chi connectivity index (χ4v) is 1.34. The van der Waals surface area contributed by atoms with Gasteiger partial charge in [0.1, 0.15) is 0 Å². The van der Waals surface area contributed by atoms with Gasteiger partial charge in [-0.1, -0.05) is 36.4 Å². The Kier molecular flexibility index (Phi) is 14.7. The van der Waals surface area contributed by atoms with Gasteiger partial charge in [-0.05, 0) is 24.3 Å². The van der Waals surface area contributed by atoms with Crippen LogP contribution in [0.25, 0.3) is 0 Å². The van der Waals surface area contributed by atoms with Gasteiger partial charge >= 0.3 is 20.8 Å². The SMILES string of the molecule is NC(=Nc1ccccc1)Nc1ccccc1.NN=C(N)N.O=S(=O)(O)O.O=S(=O)(O)O. The molecular weight excluding hydrogens is 458 g/mol. The van der Waals surface area contributed by atoms with E-state index in [1.54, 1.807) is 0 Å². The van der Waals surface area contributed by atoms with Crippen molar-refractivity contribution >= 4 is 44.1 Å². The molecule has 0 atom stereocenters. The van der Waals surface area contributed by atoms with Crippen molar-refractivity contribution in [3.8, 4) is 0 Å². The number of hydrazone groups is 1. The van der Waals surface area contributed by atoms with E-state index < -0.39 is 20.8 Å². The van der Waals surface area contributed by atoms with E-state index in [2.05, 4.69) is 21.3 Å². The van der Waals surface area contributed by atoms with Crippen molar-refractivity contribution in [2.75, 3.05) is 5.32 Å². The van der Waals surface area contributed by atoms with E-state index in [1.807, 2.05) is 60.7 Å². The van der Waals surface area contributed by atoms with E-state index in [9.17, 15) is 0 Å². The van der Waals surface area contributed by atoms with E-state index in [0.717, 1.165) is 11.4 Å². The molecule has 31 heavy (non-hydrogen) atoms. The third-order valence-corrected chi connectivity index (χ3v) is 2.20. The summed E-state index contributed by atoms with van der Waals surface area (Å²) >= 11 is 0. The second kappa shape index (κ2) is 15.4. The molecule has 0 saturated carbocycles. The van der Waals surface area contributed by atoms with Crippen LogP contribution in [0.2, 0.25) is 0 Å². The molecule has 0 fully saturated rings. The van der Waals surface area contributed by atoms with Gasteiger partial charge < -0.3 is 28.4 Å². The van der Waals surface area contributed by atoms with Crippen LogP contribution in [0.3, 0.4) is 0 Å². The summed E-state index contributed by atoms with van der Waals surface area (Å²) in [4.78, 5) is 4.24. The first-order valence-corrected chi connectivity index (χ1v) is 10.3. The predicted molar refractivity (Wildman–Crippen MR) is 116 cm³/mol. The van der Waals surface area contributed by atoms with Gasteiger partial charge in [-0.2, -0.15) is 16.8 Å². The Hall–Kier alpha value is -3.48. The smallest absolute Gasteiger partial charge is 0.369 e. The summed E-state index contributed by atoms with van der Waals surface area (Å²) in [7, 11) is -9.33. The summed E-state index contributed by atoms with van der Waals surface area (Å²) in [6.07, 6.45) is 0. The molecule has 0 spiro atoms. The molecule has 0 saturated heterocycles. The maximum Gasteiger partial charge on any atom is 0.394 e. The monoisotopic (exact) mass is 481 g/mol. The predicted octanol–water partition coefficient (Wildman–Crippen LogP) is -0.427. The molecule has 0 bridgehead atoms. The van der Waals surface area contributed by atoms with Crippen molar-refractivity contribution < 1.29 is 35.0 Å². The first kappa shape index (κ1) is 29.7. The highest BCUT2D eigenvalue weighted by molar-refractivity contribution is 7.80. The molecular formula is C14H23N7O8S2. The van der Waals surface area contributed by atoms with Gasteiger partial charge in [-0.25, -0.2) is 4.99 Å². The standard InChI is InChI=1S/C13H13N3.CH6N4.2H2O4S/c14-13(15-11-7-3-1-4-8-11)16-12-9-5-2-6-10-12;2-1(3)5-4;2*1-5(2,3)4/h1-10H,(H3,14,15,16);4H2,(H4,2,3,5);2*(H2,1,2,3,4). The zero-order chi connectivity index (χ0) is 24.5. The number of benzene rings is 2. The van der Waals surface area contributed by atoms with Crippen LogP contribution in [-0.4, -0.2) is 47.0 Å². The van der Waals surface area contributed by atoms with Crippen LogP contribution in [0.1, 0.15) is 0 Å². The molecule has 2 aromatic rings. The molecule has 15 nitrogen and oxygen atoms in total. The Morgan fingerprint density at radius 1 is 0.742 bits per heavy atom. The molecule has 0 radical (unpaired) electrons. The van der Waals surface area contributed by atoms with Gasteiger partial charge in [0.25, 0.3) is 0 Å². The van der Waals surface area contributed by atoms with Crippen LogP contribution >= 0.6 is 0 Å². The summed E-state index contributed by atoms with van der Waals surface area (Å²) in [6, 6.07) is 19.3. The van der Waals surface area contributed by atoms with Gasteiger partial charge in [-0.15, -0.1) is 5.10 Å². The number of anilines is 1. The third kappa shape index (κ3) is 31.4. The number of hydrogen-bond donors (Lipinski definition) is 9. The molecule has 2 rings (SSSR count). The number of aliphatic imine (C=N–C) groups is 1. The fraction of sp³-hybridized carbons (Fsp3) is 0. The maximum absolute atomic E-state index is 8.74. The average Bonchev–Trinajstić information content (AvgIpc) is 2.61. The Morgan fingerprint density at radius 3 is 1.39 bits per heavy atom. The van der Waals surface area contributed by atoms with E-state index in [1.165, 1.54) is 0 Å². The number of nitrogens with one attached hydrogen (secondary N) is 1. The number of nitrogens with zero attached hydrogens (tertiary/aromatic N) is 2. The second-order valence-electron chi connectivity index (χ2n) is 4.77. The lowest BCUT2D eigenvalue weighted by Gasteiger charge is -2.04. The van der Waals surface area contributed by atoms with Gasteiger partial charge in [0, 0.05) is 5.69 Å². The van der Waals surface area contributed by atoms with Crippen LogP contribution < -0.4 is 28.4 Å². The van der Waals surface area contributed by atoms with Crippen LogP contribution in [0.15, 0.2) is 70.8 Å². The minimum atomic E-state index is -4.67. The van der Waals surface area contributed by atoms with Crippen molar-refractivity contribution in [2.45, 2.75) is 0 Å². The highest BCUT2D eigenvalue weighted by atomic mass is 32.3. The molecule has 2 aromatic carbocycles. The van der Waals surface area contributed by atoms with Gasteiger partial charge in [0.15, 0.2) is 5.96 Å². The Bertz CT molecular complexity index is 965. The topological polar surface area (TPSA) is 290 Å². The van der Waals surface area contributed by atoms with Crippen molar-refractivity contribution in [3.63, 3.8) is 0 Å². The quantitative estimate of drug-likeness (QED) is 0.0865. The Balaban J connectivity index is 0. The number of rotatable bonds is 2. The summed E-state index contributed by atoms with van der Waals surface area (Å²) in [5.41, 5.74) is 16.9. The number of hydrogen-bond acceptors (Lipinski definition) is 7. The highest BCUT2D eigenvalue weighted by Crippen LogP contribution is 2.10. The van der Waals surface area contributed by atoms with Crippen molar-refractivity contribution in [3.05, 3.63) is 60.7 Å². The molecule has 174 valence electrons. The van der Waals surface area contributed by atoms with Gasteiger partial charge in [-0.3, -0.25) is 18.2 Å². The molecule has 0 aliphatic heterocycles. The molecule has 17 heteroatoms. The largest absolute Gasteiger partial charge is 0.394 e. The zero-order valence-electron chi connectivity index (χ0n) is 15.7. The highest BCUT2D eigenvalue weighted by Gasteiger charge is 1.93. The molecule has 0 aliphatic rings. The number of para-hydroxylation sites is 2. The van der Waals surface area contributed by atoms with Crippen LogP contribution in [0.5, 0.6) is 0 Å². The molecule has 13 N–H and O–H groups in total. The van der Waals surface area contributed by atoms with Crippen LogP contribution in [0.4, 0.5) is 11.4 Å². The first-order valence-electron chi connectivity index (χ1n) is 7.51. The van der Waals surface area contributed by atoms with Gasteiger partial charge in [0.05, 0.1) is 5.69 Å². The summed E-state index contributed by atoms with van der Waals surface area (Å²) in [5, 5.41) is 5.88. The van der Waals surface area contributed by atoms with E-state index >= 15 is 0 Å². The minimum absolute atomic E-state index is 0.0926. The lowest BCUT2D eigenvalue weighted by atomic mass is 10.3. The first-order chi connectivity index (χ1) is 14.1. The van der Waals surface area contributed by atoms with Crippen molar-refractivity contribution in [1.82, 2.24) is 0 Å². The van der Waals surface area contributed by atoms with E-state index in [0.29, 0.717) is 5.96 Å². The third-order valence-electron chi connectivity index (χ3n) is 2.20. The lowest BCUT2D eigenvalue weighted by Crippen LogP contribution is -2.23. The fourth-order valence-electron chi connectivity index (χ4n) is 1.34. The zero-order valence-corrected chi connectivity index (χ0v) is 17.3. The number of guanidine groups is 2. The van der Waals surface area contributed by atoms with Gasteiger partial charge in [0.2, 0.25) is 5.96 Å². The normalized spacial score (nSPS) is 10.5. The summed E-state index contributed by atoms with van der Waals surface area (Å²) in [6.45, 7) is 0. The second-order valence-corrected chi connectivity index (χ2v) is 6.56. The minimum Gasteiger partial charge on any atom is -0.369 e. The van der Waals surface area contributed by atoms with Crippen LogP contribution in [0, 0.1) is 0 Å². The molecule has 0 heterocycles. The van der Waals surface area contributed by atoms with Crippen LogP contribution in [-0.2, 0) is 20.8 Å². The molecule has 0 aromatic heterocycles. The van der Waals surface area contributed by atoms with E-state index in [4.69, 9.17) is 52.2 Å². The van der Waals surface area contributed by atoms with Crippen molar-refractivity contribution in [1.29, 1.82) is 0 Å². The summed E-state index contributed by atoms with van der Waals surface area (Å²) < 4.78 is 63.2. The Morgan fingerprint density at radius 2 is 1.06 bits per heavy atom. The molecule has 0 unspecified atom stereocenters. The lowest BCUT2D eigenvalue weighted by molar-refractivity contribution is 0.378. The molecule has 0 aliphatic carbocycles.